The van der Waals surface area contributed by atoms with Gasteiger partial charge in [-0.1, -0.05) is 48.5 Å². The fraction of sp³-hybridized carbons (Fsp3) is 0.136. The highest BCUT2D eigenvalue weighted by Crippen LogP contribution is 2.57. The van der Waals surface area contributed by atoms with Crippen molar-refractivity contribution in [1.82, 2.24) is 10.2 Å². The van der Waals surface area contributed by atoms with Crippen LogP contribution in [0.4, 0.5) is 18.9 Å². The largest absolute Gasteiger partial charge is 0.433 e. The van der Waals surface area contributed by atoms with Gasteiger partial charge in [0.15, 0.2) is 0 Å². The maximum atomic E-state index is 14.0. The molecule has 0 bridgehead atoms. The minimum Gasteiger partial charge on any atom is -0.420 e. The van der Waals surface area contributed by atoms with Crippen LogP contribution in [0.15, 0.2) is 66.1 Å². The second-order valence-corrected chi connectivity index (χ2v) is 7.37. The van der Waals surface area contributed by atoms with Crippen molar-refractivity contribution < 1.29 is 22.7 Å². The molecule has 5 rings (SSSR count). The van der Waals surface area contributed by atoms with Gasteiger partial charge in [0.25, 0.3) is 0 Å². The van der Waals surface area contributed by atoms with Crippen molar-refractivity contribution >= 4 is 11.6 Å². The van der Waals surface area contributed by atoms with Crippen molar-refractivity contribution in [3.63, 3.8) is 0 Å². The van der Waals surface area contributed by atoms with Crippen LogP contribution in [0.25, 0.3) is 0 Å². The molecular weight excluding hydrogens is 423 g/mol. The number of amides is 1. The van der Waals surface area contributed by atoms with Crippen molar-refractivity contribution in [2.75, 3.05) is 4.90 Å². The van der Waals surface area contributed by atoms with E-state index < -0.39 is 46.1 Å². The van der Waals surface area contributed by atoms with E-state index in [1.807, 2.05) is 17.2 Å². The van der Waals surface area contributed by atoms with Crippen molar-refractivity contribution in [1.29, 1.82) is 5.26 Å². The zero-order chi connectivity index (χ0) is 22.7. The van der Waals surface area contributed by atoms with E-state index in [0.29, 0.717) is 5.69 Å². The number of H-pyrrole nitrogens is 1. The summed E-state index contributed by atoms with van der Waals surface area (Å²) in [7, 11) is 0. The molecule has 0 fully saturated rings. The SMILES string of the molecule is N#CC1=C(N)Oc2n[nH]c(C(F)(F)F)c2[C@]12C(=O)N(Cc1ccccc1)c1ccccc12. The van der Waals surface area contributed by atoms with Gasteiger partial charge in [0.2, 0.25) is 17.7 Å². The van der Waals surface area contributed by atoms with Crippen LogP contribution in [0, 0.1) is 11.3 Å². The number of nitriles is 1. The third-order valence-electron chi connectivity index (χ3n) is 5.68. The summed E-state index contributed by atoms with van der Waals surface area (Å²) >= 11 is 0. The number of benzene rings is 2. The Hall–Kier alpha value is -4.26. The van der Waals surface area contributed by atoms with Crippen LogP contribution in [-0.4, -0.2) is 16.1 Å². The summed E-state index contributed by atoms with van der Waals surface area (Å²) in [5, 5.41) is 15.5. The second kappa shape index (κ2) is 6.62. The average molecular weight is 437 g/mol. The molecule has 0 aliphatic carbocycles. The van der Waals surface area contributed by atoms with E-state index in [2.05, 4.69) is 5.10 Å². The Morgan fingerprint density at radius 1 is 1.16 bits per heavy atom. The number of nitrogens with two attached hydrogens (primary N) is 1. The Kier molecular flexibility index (Phi) is 4.07. The lowest BCUT2D eigenvalue weighted by Gasteiger charge is -2.33. The summed E-state index contributed by atoms with van der Waals surface area (Å²) in [6.07, 6.45) is -4.88. The van der Waals surface area contributed by atoms with Crippen LogP contribution in [0.1, 0.15) is 22.4 Å². The maximum absolute atomic E-state index is 14.0. The predicted molar refractivity (Wildman–Crippen MR) is 106 cm³/mol. The molecule has 160 valence electrons. The van der Waals surface area contributed by atoms with Gasteiger partial charge in [-0.25, -0.2) is 0 Å². The predicted octanol–water partition coefficient (Wildman–Crippen LogP) is 3.35. The normalized spacial score (nSPS) is 19.6. The van der Waals surface area contributed by atoms with Crippen molar-refractivity contribution in [2.45, 2.75) is 18.1 Å². The number of para-hydroxylation sites is 1. The zero-order valence-electron chi connectivity index (χ0n) is 16.3. The standard InChI is InChI=1S/C22H14F3N5O2/c23-22(24,25)17-16-19(29-28-17)32-18(27)14(10-26)21(16)13-8-4-5-9-15(13)30(20(21)31)11-12-6-2-1-3-7-12/h1-9H,11,27H2,(H,28,29)/t21-/m1/s1. The molecule has 2 aromatic carbocycles. The number of hydrogen-bond acceptors (Lipinski definition) is 5. The molecule has 1 aromatic heterocycles. The molecule has 0 unspecified atom stereocenters. The number of carbonyl (C=O) groups excluding carboxylic acids is 1. The fourth-order valence-corrected chi connectivity index (χ4v) is 4.42. The number of rotatable bonds is 2. The minimum absolute atomic E-state index is 0.0897. The van der Waals surface area contributed by atoms with E-state index in [4.69, 9.17) is 10.5 Å². The highest BCUT2D eigenvalue weighted by molar-refractivity contribution is 6.14. The summed E-state index contributed by atoms with van der Waals surface area (Å²) in [4.78, 5) is 15.4. The fourth-order valence-electron chi connectivity index (χ4n) is 4.42. The molecule has 3 aromatic rings. The van der Waals surface area contributed by atoms with Crippen LogP contribution in [0.2, 0.25) is 0 Å². The summed E-state index contributed by atoms with van der Waals surface area (Å²) < 4.78 is 47.1. The number of fused-ring (bicyclic) bond motifs is 4. The first-order chi connectivity index (χ1) is 15.3. The molecule has 2 aliphatic rings. The smallest absolute Gasteiger partial charge is 0.420 e. The number of hydrogen-bond donors (Lipinski definition) is 2. The number of aromatic amines is 1. The number of nitrogens with one attached hydrogen (secondary N) is 1. The topological polar surface area (TPSA) is 108 Å². The number of carbonyl (C=O) groups is 1. The molecular formula is C22H14F3N5O2. The van der Waals surface area contributed by atoms with Gasteiger partial charge in [0, 0.05) is 11.3 Å². The monoisotopic (exact) mass is 437 g/mol. The van der Waals surface area contributed by atoms with Gasteiger partial charge < -0.3 is 15.4 Å². The van der Waals surface area contributed by atoms with E-state index in [1.54, 1.807) is 42.5 Å². The zero-order valence-corrected chi connectivity index (χ0v) is 16.3. The Morgan fingerprint density at radius 3 is 2.53 bits per heavy atom. The van der Waals surface area contributed by atoms with E-state index >= 15 is 0 Å². The molecule has 0 saturated carbocycles. The van der Waals surface area contributed by atoms with Crippen LogP contribution in [0.5, 0.6) is 5.88 Å². The summed E-state index contributed by atoms with van der Waals surface area (Å²) in [5.74, 6) is -1.69. The van der Waals surface area contributed by atoms with E-state index in [0.717, 1.165) is 5.56 Å². The van der Waals surface area contributed by atoms with E-state index in [1.165, 1.54) is 11.0 Å². The van der Waals surface area contributed by atoms with Crippen molar-refractivity contribution in [3.05, 3.63) is 88.4 Å². The molecule has 2 aliphatic heterocycles. The molecule has 10 heteroatoms. The lowest BCUT2D eigenvalue weighted by molar-refractivity contribution is -0.142. The van der Waals surface area contributed by atoms with Crippen LogP contribution >= 0.6 is 0 Å². The molecule has 1 atom stereocenters. The van der Waals surface area contributed by atoms with Crippen molar-refractivity contribution in [2.24, 2.45) is 5.73 Å². The van der Waals surface area contributed by atoms with Gasteiger partial charge in [-0.05, 0) is 11.6 Å². The molecule has 0 radical (unpaired) electrons. The maximum Gasteiger partial charge on any atom is 0.433 e. The number of anilines is 1. The third kappa shape index (κ3) is 2.48. The number of ether oxygens (including phenoxy) is 1. The molecule has 1 spiro atoms. The summed E-state index contributed by atoms with van der Waals surface area (Å²) in [6, 6.07) is 17.2. The van der Waals surface area contributed by atoms with Gasteiger partial charge in [-0.3, -0.25) is 9.89 Å². The Morgan fingerprint density at radius 2 is 1.84 bits per heavy atom. The molecule has 1 amide bonds. The number of aromatic nitrogens is 2. The number of alkyl halides is 3. The molecule has 7 nitrogen and oxygen atoms in total. The van der Waals surface area contributed by atoms with Gasteiger partial charge in [0.05, 0.1) is 12.1 Å². The highest BCUT2D eigenvalue weighted by Gasteiger charge is 2.63. The van der Waals surface area contributed by atoms with Crippen LogP contribution in [-0.2, 0) is 22.9 Å². The average Bonchev–Trinajstić information content (AvgIpc) is 3.29. The van der Waals surface area contributed by atoms with Gasteiger partial charge in [0.1, 0.15) is 22.8 Å². The molecule has 3 heterocycles. The first-order valence-corrected chi connectivity index (χ1v) is 9.49. The van der Waals surface area contributed by atoms with Crippen LogP contribution in [0.3, 0.4) is 0 Å². The Labute approximate surface area is 179 Å². The summed E-state index contributed by atoms with van der Waals surface area (Å²) in [5.41, 5.74) is 2.88. The Balaban J connectivity index is 1.83. The Bertz CT molecular complexity index is 1320. The van der Waals surface area contributed by atoms with Gasteiger partial charge in [-0.2, -0.15) is 18.4 Å². The molecule has 32 heavy (non-hydrogen) atoms. The molecule has 0 saturated heterocycles. The van der Waals surface area contributed by atoms with E-state index in [-0.39, 0.29) is 12.1 Å². The second-order valence-electron chi connectivity index (χ2n) is 7.37. The van der Waals surface area contributed by atoms with Crippen LogP contribution < -0.4 is 15.4 Å². The van der Waals surface area contributed by atoms with E-state index in [9.17, 15) is 23.2 Å². The van der Waals surface area contributed by atoms with Gasteiger partial charge in [-0.15, -0.1) is 5.10 Å². The lowest BCUT2D eigenvalue weighted by Crippen LogP contribution is -2.46. The third-order valence-corrected chi connectivity index (χ3v) is 5.68. The minimum atomic E-state index is -4.88. The number of nitrogens with zero attached hydrogens (tertiary/aromatic N) is 3. The highest BCUT2D eigenvalue weighted by atomic mass is 19.4. The first-order valence-electron chi connectivity index (χ1n) is 9.49. The van der Waals surface area contributed by atoms with Gasteiger partial charge >= 0.3 is 6.18 Å². The molecule has 3 N–H and O–H groups in total. The lowest BCUT2D eigenvalue weighted by atomic mass is 9.69. The quantitative estimate of drug-likeness (QED) is 0.639. The first kappa shape index (κ1) is 19.7. The number of halogens is 3. The van der Waals surface area contributed by atoms with Crippen molar-refractivity contribution in [3.8, 4) is 11.9 Å². The summed E-state index contributed by atoms with van der Waals surface area (Å²) in [6.45, 7) is 0.0897.